The number of halogens is 2. The summed E-state index contributed by atoms with van der Waals surface area (Å²) in [5.41, 5.74) is 5.31. The number of carbonyl (C=O) groups is 1. The molecule has 2 aromatic heterocycles. The molecule has 1 aromatic carbocycles. The molecule has 0 aliphatic heterocycles. The lowest BCUT2D eigenvalue weighted by Gasteiger charge is -2.21. The molecule has 0 spiro atoms. The Kier molecular flexibility index (Phi) is 7.65. The highest BCUT2D eigenvalue weighted by Crippen LogP contribution is 2.39. The van der Waals surface area contributed by atoms with Crippen molar-refractivity contribution in [1.29, 1.82) is 0 Å². The van der Waals surface area contributed by atoms with Crippen LogP contribution >= 0.6 is 0 Å². The van der Waals surface area contributed by atoms with Crippen molar-refractivity contribution in [2.75, 3.05) is 6.61 Å². The first-order valence-corrected chi connectivity index (χ1v) is 11.4. The fourth-order valence-electron chi connectivity index (χ4n) is 4.24. The summed E-state index contributed by atoms with van der Waals surface area (Å²) in [6.07, 6.45) is 4.16. The van der Waals surface area contributed by atoms with E-state index in [0.29, 0.717) is 5.69 Å². The minimum absolute atomic E-state index is 0.0718. The molecule has 1 aliphatic rings. The molecule has 0 saturated heterocycles. The SMILES string of the molecule is NC(=O)CC(c1cnc(C(O)CO)cn1)n1nc(C2CCCC2)c(Oc2c(F)cccc2F)cc1=O. The monoisotopic (exact) mass is 501 g/mol. The van der Waals surface area contributed by atoms with Crippen LogP contribution in [0.5, 0.6) is 11.5 Å². The number of aliphatic hydroxyl groups is 2. The number of benzene rings is 1. The maximum atomic E-state index is 14.3. The summed E-state index contributed by atoms with van der Waals surface area (Å²) in [5.74, 6) is -3.44. The number of nitrogens with zero attached hydrogens (tertiary/aromatic N) is 4. The molecule has 0 bridgehead atoms. The number of para-hydroxylation sites is 1. The first-order chi connectivity index (χ1) is 17.3. The smallest absolute Gasteiger partial charge is 0.271 e. The number of carbonyl (C=O) groups excluding carboxylic acids is 1. The van der Waals surface area contributed by atoms with Crippen molar-refractivity contribution < 1.29 is 28.5 Å². The van der Waals surface area contributed by atoms with Gasteiger partial charge in [-0.2, -0.15) is 5.10 Å². The predicted molar refractivity (Wildman–Crippen MR) is 122 cm³/mol. The van der Waals surface area contributed by atoms with E-state index < -0.39 is 47.6 Å². The zero-order valence-electron chi connectivity index (χ0n) is 19.2. The van der Waals surface area contributed by atoms with Crippen LogP contribution < -0.4 is 16.0 Å². The van der Waals surface area contributed by atoms with E-state index in [0.717, 1.165) is 48.6 Å². The molecule has 12 heteroatoms. The Morgan fingerprint density at radius 3 is 2.39 bits per heavy atom. The zero-order valence-corrected chi connectivity index (χ0v) is 19.2. The summed E-state index contributed by atoms with van der Waals surface area (Å²) in [5, 5.41) is 23.3. The van der Waals surface area contributed by atoms with Crippen LogP contribution in [-0.4, -0.2) is 42.5 Å². The molecule has 0 radical (unpaired) electrons. The number of ether oxygens (including phenoxy) is 1. The summed E-state index contributed by atoms with van der Waals surface area (Å²) >= 11 is 0. The van der Waals surface area contributed by atoms with Crippen LogP contribution in [0.2, 0.25) is 0 Å². The van der Waals surface area contributed by atoms with Gasteiger partial charge in [0.2, 0.25) is 5.91 Å². The highest BCUT2D eigenvalue weighted by Gasteiger charge is 2.29. The van der Waals surface area contributed by atoms with Gasteiger partial charge in [-0.05, 0) is 25.0 Å². The fraction of sp³-hybridized carbons (Fsp3) is 0.375. The van der Waals surface area contributed by atoms with Crippen molar-refractivity contribution in [2.24, 2.45) is 5.73 Å². The number of rotatable bonds is 9. The standard InChI is InChI=1S/C24H25F2N5O5/c25-14-6-3-7-15(26)24(14)36-20-9-22(35)31(30-23(20)13-4-1-2-5-13)18(8-21(27)34)16-10-29-17(11-28-16)19(33)12-32/h3,6-7,9-11,13,18-19,32-33H,1-2,4-5,8,12H2,(H2,27,34). The Balaban J connectivity index is 1.80. The molecule has 2 heterocycles. The Bertz CT molecular complexity index is 1270. The van der Waals surface area contributed by atoms with Crippen molar-refractivity contribution in [3.05, 3.63) is 75.7 Å². The van der Waals surface area contributed by atoms with Gasteiger partial charge < -0.3 is 20.7 Å². The predicted octanol–water partition coefficient (Wildman–Crippen LogP) is 2.25. The van der Waals surface area contributed by atoms with E-state index >= 15 is 0 Å². The number of amides is 1. The summed E-state index contributed by atoms with van der Waals surface area (Å²) in [4.78, 5) is 33.2. The first-order valence-electron chi connectivity index (χ1n) is 11.4. The fourth-order valence-corrected chi connectivity index (χ4v) is 4.24. The van der Waals surface area contributed by atoms with Crippen LogP contribution in [0.1, 0.15) is 67.2 Å². The van der Waals surface area contributed by atoms with Crippen LogP contribution in [0.15, 0.2) is 41.5 Å². The van der Waals surface area contributed by atoms with Crippen LogP contribution in [0.3, 0.4) is 0 Å². The topological polar surface area (TPSA) is 153 Å². The molecule has 1 saturated carbocycles. The second-order valence-corrected chi connectivity index (χ2v) is 8.56. The molecule has 10 nitrogen and oxygen atoms in total. The maximum absolute atomic E-state index is 14.3. The highest BCUT2D eigenvalue weighted by atomic mass is 19.1. The molecule has 2 unspecified atom stereocenters. The number of hydrogen-bond acceptors (Lipinski definition) is 8. The van der Waals surface area contributed by atoms with Gasteiger partial charge in [-0.25, -0.2) is 13.5 Å². The first kappa shape index (κ1) is 25.3. The molecule has 4 rings (SSSR count). The van der Waals surface area contributed by atoms with E-state index in [4.69, 9.17) is 15.6 Å². The van der Waals surface area contributed by atoms with Crippen LogP contribution in [-0.2, 0) is 4.79 Å². The van der Waals surface area contributed by atoms with Crippen LogP contribution in [0, 0.1) is 11.6 Å². The maximum Gasteiger partial charge on any atom is 0.271 e. The molecule has 36 heavy (non-hydrogen) atoms. The Hall–Kier alpha value is -3.77. The van der Waals surface area contributed by atoms with Gasteiger partial charge in [0.05, 0.1) is 36.8 Å². The third-order valence-corrected chi connectivity index (χ3v) is 6.06. The van der Waals surface area contributed by atoms with E-state index in [9.17, 15) is 23.5 Å². The average Bonchev–Trinajstić information content (AvgIpc) is 3.39. The van der Waals surface area contributed by atoms with Crippen molar-refractivity contribution in [3.8, 4) is 11.5 Å². The summed E-state index contributed by atoms with van der Waals surface area (Å²) in [7, 11) is 0. The molecular formula is C24H25F2N5O5. The highest BCUT2D eigenvalue weighted by molar-refractivity contribution is 5.74. The van der Waals surface area contributed by atoms with E-state index in [1.165, 1.54) is 18.5 Å². The molecule has 1 amide bonds. The Morgan fingerprint density at radius 1 is 1.17 bits per heavy atom. The molecule has 1 aliphatic carbocycles. The lowest BCUT2D eigenvalue weighted by atomic mass is 10.0. The summed E-state index contributed by atoms with van der Waals surface area (Å²) in [6.45, 7) is -0.561. The van der Waals surface area contributed by atoms with Crippen LogP contribution in [0.4, 0.5) is 8.78 Å². The van der Waals surface area contributed by atoms with E-state index in [1.807, 2.05) is 0 Å². The van der Waals surface area contributed by atoms with Crippen LogP contribution in [0.25, 0.3) is 0 Å². The van der Waals surface area contributed by atoms with Crippen molar-refractivity contribution in [2.45, 2.75) is 50.2 Å². The number of hydrogen-bond donors (Lipinski definition) is 3. The summed E-state index contributed by atoms with van der Waals surface area (Å²) in [6, 6.07) is 3.33. The second-order valence-electron chi connectivity index (χ2n) is 8.56. The van der Waals surface area contributed by atoms with Gasteiger partial charge in [0.1, 0.15) is 17.8 Å². The summed E-state index contributed by atoms with van der Waals surface area (Å²) < 4.78 is 35.1. The van der Waals surface area contributed by atoms with Gasteiger partial charge in [-0.3, -0.25) is 19.6 Å². The molecule has 1 fully saturated rings. The number of aliphatic hydroxyl groups excluding tert-OH is 2. The molecule has 190 valence electrons. The third kappa shape index (κ3) is 5.39. The zero-order chi connectivity index (χ0) is 25.8. The van der Waals surface area contributed by atoms with Crippen molar-refractivity contribution >= 4 is 5.91 Å². The quantitative estimate of drug-likeness (QED) is 0.404. The molecule has 4 N–H and O–H groups in total. The van der Waals surface area contributed by atoms with Gasteiger partial charge in [0.25, 0.3) is 5.56 Å². The second kappa shape index (κ2) is 10.9. The normalized spacial score (nSPS) is 15.6. The van der Waals surface area contributed by atoms with Gasteiger partial charge in [-0.15, -0.1) is 0 Å². The van der Waals surface area contributed by atoms with Gasteiger partial charge in [0, 0.05) is 12.0 Å². The molecular weight excluding hydrogens is 476 g/mol. The number of aromatic nitrogens is 4. The van der Waals surface area contributed by atoms with Crippen molar-refractivity contribution in [3.63, 3.8) is 0 Å². The Morgan fingerprint density at radius 2 is 1.81 bits per heavy atom. The van der Waals surface area contributed by atoms with E-state index in [1.54, 1.807) is 0 Å². The van der Waals surface area contributed by atoms with E-state index in [-0.39, 0.29) is 29.5 Å². The lowest BCUT2D eigenvalue weighted by Crippen LogP contribution is -2.32. The minimum Gasteiger partial charge on any atom is -0.449 e. The van der Waals surface area contributed by atoms with Gasteiger partial charge in [0.15, 0.2) is 23.1 Å². The largest absolute Gasteiger partial charge is 0.449 e. The molecule has 2 atom stereocenters. The lowest BCUT2D eigenvalue weighted by molar-refractivity contribution is -0.118. The minimum atomic E-state index is -1.24. The van der Waals surface area contributed by atoms with E-state index in [2.05, 4.69) is 15.1 Å². The average molecular weight is 501 g/mol. The third-order valence-electron chi connectivity index (χ3n) is 6.06. The van der Waals surface area contributed by atoms with Gasteiger partial charge >= 0.3 is 0 Å². The number of nitrogens with two attached hydrogens (primary N) is 1. The Labute approximate surface area is 204 Å². The van der Waals surface area contributed by atoms with Gasteiger partial charge in [-0.1, -0.05) is 18.9 Å². The number of primary amides is 1. The van der Waals surface area contributed by atoms with Crippen molar-refractivity contribution in [1.82, 2.24) is 19.7 Å². The molecule has 3 aromatic rings.